The number of thiazole rings is 1. The number of nitro groups is 1. The molecule has 4 heterocycles. The number of benzene rings is 1. The van der Waals surface area contributed by atoms with Gasteiger partial charge >= 0.3 is 5.97 Å². The molecule has 1 aromatic carbocycles. The highest BCUT2D eigenvalue weighted by molar-refractivity contribution is 7.18. The molecule has 4 atom stereocenters. The third-order valence-corrected chi connectivity index (χ3v) is 7.82. The van der Waals surface area contributed by atoms with Gasteiger partial charge in [0.05, 0.1) is 34.1 Å². The number of fused-ring (bicyclic) bond motifs is 2. The van der Waals surface area contributed by atoms with E-state index in [-0.39, 0.29) is 35.9 Å². The topological polar surface area (TPSA) is 149 Å². The number of hydrogen-bond acceptors (Lipinski definition) is 10. The number of nitrogens with zero attached hydrogens (tertiary/aromatic N) is 5. The summed E-state index contributed by atoms with van der Waals surface area (Å²) in [5.41, 5.74) is 1.89. The van der Waals surface area contributed by atoms with Crippen LogP contribution in [0, 0.1) is 22.0 Å². The maximum Gasteiger partial charge on any atom is 0.355 e. The molecule has 1 saturated heterocycles. The van der Waals surface area contributed by atoms with Crippen LogP contribution in [0.15, 0.2) is 47.6 Å². The molecule has 1 amide bonds. The van der Waals surface area contributed by atoms with E-state index in [0.29, 0.717) is 16.8 Å². The van der Waals surface area contributed by atoms with Crippen LogP contribution in [-0.2, 0) is 25.8 Å². The Hall–Kier alpha value is -4.10. The van der Waals surface area contributed by atoms with Gasteiger partial charge in [-0.25, -0.2) is 9.78 Å². The molecule has 1 fully saturated rings. The van der Waals surface area contributed by atoms with Gasteiger partial charge in [-0.15, -0.1) is 11.3 Å². The fourth-order valence-electron chi connectivity index (χ4n) is 4.95. The van der Waals surface area contributed by atoms with Gasteiger partial charge < -0.3 is 19.6 Å². The van der Waals surface area contributed by atoms with Crippen molar-refractivity contribution in [3.8, 4) is 0 Å². The normalized spacial score (nSPS) is 21.9. The van der Waals surface area contributed by atoms with Gasteiger partial charge in [-0.2, -0.15) is 0 Å². The Bertz CT molecular complexity index is 1460. The number of imidazole rings is 1. The van der Waals surface area contributed by atoms with Crippen molar-refractivity contribution in [2.24, 2.45) is 17.0 Å². The zero-order chi connectivity index (χ0) is 26.4. The van der Waals surface area contributed by atoms with E-state index in [9.17, 15) is 24.8 Å². The number of nitro benzene ring substituents is 1. The SMILES string of the molecule is CON=Cc1ncn2cc(C3=C(C(=O)OCc4ccc([N+](=O)[O-])cc4)N4C(=O)[C@H]([C@@H](C)O)[C@H]4[C@H]3C)sc12. The molecule has 5 rings (SSSR count). The number of carbonyl (C=O) groups excluding carboxylic acids is 2. The third kappa shape index (κ3) is 4.05. The van der Waals surface area contributed by atoms with Crippen molar-refractivity contribution >= 4 is 45.5 Å². The number of carbonyl (C=O) groups is 2. The van der Waals surface area contributed by atoms with Gasteiger partial charge in [0.25, 0.3) is 5.69 Å². The largest absolute Gasteiger partial charge is 0.456 e. The smallest absolute Gasteiger partial charge is 0.355 e. The van der Waals surface area contributed by atoms with Crippen LogP contribution in [0.5, 0.6) is 0 Å². The summed E-state index contributed by atoms with van der Waals surface area (Å²) < 4.78 is 7.37. The molecule has 0 unspecified atom stereocenters. The highest BCUT2D eigenvalue weighted by atomic mass is 32.1. The van der Waals surface area contributed by atoms with E-state index < -0.39 is 22.9 Å². The van der Waals surface area contributed by atoms with Crippen molar-refractivity contribution in [2.45, 2.75) is 32.6 Å². The van der Waals surface area contributed by atoms with E-state index in [1.54, 1.807) is 17.7 Å². The minimum absolute atomic E-state index is 0.0682. The molecule has 37 heavy (non-hydrogen) atoms. The van der Waals surface area contributed by atoms with Crippen molar-refractivity contribution in [3.05, 3.63) is 68.7 Å². The van der Waals surface area contributed by atoms with Crippen LogP contribution in [0.25, 0.3) is 10.4 Å². The Labute approximate surface area is 214 Å². The van der Waals surface area contributed by atoms with E-state index in [1.165, 1.54) is 53.8 Å². The lowest BCUT2D eigenvalue weighted by atomic mass is 9.77. The van der Waals surface area contributed by atoms with Crippen molar-refractivity contribution in [3.63, 3.8) is 0 Å². The van der Waals surface area contributed by atoms with Gasteiger partial charge in [0.15, 0.2) is 0 Å². The number of oxime groups is 1. The van der Waals surface area contributed by atoms with Crippen molar-refractivity contribution in [2.75, 3.05) is 7.11 Å². The van der Waals surface area contributed by atoms with Gasteiger partial charge in [-0.1, -0.05) is 12.1 Å². The number of aromatic nitrogens is 2. The Morgan fingerprint density at radius 3 is 2.76 bits per heavy atom. The van der Waals surface area contributed by atoms with Crippen LogP contribution in [0.2, 0.25) is 0 Å². The number of rotatable bonds is 8. The van der Waals surface area contributed by atoms with Crippen LogP contribution in [0.3, 0.4) is 0 Å². The highest BCUT2D eigenvalue weighted by Gasteiger charge is 2.60. The standard InChI is InChI=1S/C24H23N5O7S/c1-12-18(17-9-27-11-25-16(8-26-35-3)23(27)37-17)21(28-20(12)19(13(2)30)22(28)31)24(32)36-10-14-4-6-15(7-5-14)29(33)34/h4-9,11-13,19-20,30H,10H2,1-3H3/t12-,13+,19+,20+/m0/s1. The molecule has 12 nitrogen and oxygen atoms in total. The van der Waals surface area contributed by atoms with Crippen molar-refractivity contribution in [1.82, 2.24) is 14.3 Å². The van der Waals surface area contributed by atoms with Crippen LogP contribution in [0.1, 0.15) is 30.0 Å². The molecule has 0 saturated carbocycles. The van der Waals surface area contributed by atoms with E-state index >= 15 is 0 Å². The lowest BCUT2D eigenvalue weighted by molar-refractivity contribution is -0.384. The lowest BCUT2D eigenvalue weighted by Gasteiger charge is -2.46. The van der Waals surface area contributed by atoms with Gasteiger partial charge in [-0.3, -0.25) is 19.3 Å². The number of non-ortho nitro benzene ring substituents is 1. The van der Waals surface area contributed by atoms with E-state index in [4.69, 9.17) is 9.57 Å². The average molecular weight is 526 g/mol. The molecule has 0 spiro atoms. The number of hydrogen-bond donors (Lipinski definition) is 1. The minimum Gasteiger partial charge on any atom is -0.456 e. The van der Waals surface area contributed by atoms with Crippen molar-refractivity contribution in [1.29, 1.82) is 0 Å². The van der Waals surface area contributed by atoms with Gasteiger partial charge in [0.2, 0.25) is 5.91 Å². The first-order chi connectivity index (χ1) is 17.7. The quantitative estimate of drug-likeness (QED) is 0.155. The van der Waals surface area contributed by atoms with E-state index in [0.717, 1.165) is 9.71 Å². The summed E-state index contributed by atoms with van der Waals surface area (Å²) in [6.45, 7) is 3.37. The molecule has 192 valence electrons. The fraction of sp³-hybridized carbons (Fsp3) is 0.333. The maximum absolute atomic E-state index is 13.4. The molecule has 1 N–H and O–H groups in total. The second-order valence-corrected chi connectivity index (χ2v) is 9.90. The average Bonchev–Trinajstić information content (AvgIpc) is 3.51. The van der Waals surface area contributed by atoms with Crippen LogP contribution >= 0.6 is 11.3 Å². The Kier molecular flexibility index (Phi) is 6.25. The summed E-state index contributed by atoms with van der Waals surface area (Å²) in [6, 6.07) is 5.31. The van der Waals surface area contributed by atoms with Crippen molar-refractivity contribution < 1.29 is 29.2 Å². The summed E-state index contributed by atoms with van der Waals surface area (Å²) in [5.74, 6) is -1.88. The van der Waals surface area contributed by atoms with Gasteiger partial charge in [-0.05, 0) is 24.6 Å². The number of aliphatic hydroxyl groups excluding tert-OH is 1. The summed E-state index contributed by atoms with van der Waals surface area (Å²) in [6.07, 6.45) is 4.08. The summed E-state index contributed by atoms with van der Waals surface area (Å²) >= 11 is 1.39. The molecule has 13 heteroatoms. The number of amides is 1. The molecule has 0 aliphatic carbocycles. The summed E-state index contributed by atoms with van der Waals surface area (Å²) in [7, 11) is 1.43. The zero-order valence-electron chi connectivity index (χ0n) is 20.1. The van der Waals surface area contributed by atoms with Crippen LogP contribution < -0.4 is 0 Å². The molecular formula is C24H23N5O7S. The first kappa shape index (κ1) is 24.6. The minimum atomic E-state index is -0.868. The Morgan fingerprint density at radius 2 is 2.11 bits per heavy atom. The highest BCUT2D eigenvalue weighted by Crippen LogP contribution is 2.51. The maximum atomic E-state index is 13.4. The fourth-order valence-corrected chi connectivity index (χ4v) is 6.13. The predicted molar refractivity (Wildman–Crippen MR) is 132 cm³/mol. The Balaban J connectivity index is 1.50. The first-order valence-corrected chi connectivity index (χ1v) is 12.2. The zero-order valence-corrected chi connectivity index (χ0v) is 20.9. The van der Waals surface area contributed by atoms with Crippen LogP contribution in [-0.4, -0.2) is 61.7 Å². The van der Waals surface area contributed by atoms with Gasteiger partial charge in [0.1, 0.15) is 36.3 Å². The van der Waals surface area contributed by atoms with Crippen LogP contribution in [0.4, 0.5) is 5.69 Å². The van der Waals surface area contributed by atoms with E-state index in [1.807, 2.05) is 13.1 Å². The van der Waals surface area contributed by atoms with E-state index in [2.05, 4.69) is 10.1 Å². The number of aliphatic hydroxyl groups is 1. The molecular weight excluding hydrogens is 502 g/mol. The van der Waals surface area contributed by atoms with Gasteiger partial charge in [0, 0.05) is 29.8 Å². The monoisotopic (exact) mass is 525 g/mol. The molecule has 2 aromatic heterocycles. The number of ether oxygens (including phenoxy) is 1. The lowest BCUT2D eigenvalue weighted by Crippen LogP contribution is -2.63. The molecule has 0 bridgehead atoms. The third-order valence-electron chi connectivity index (χ3n) is 6.67. The molecule has 0 radical (unpaired) electrons. The Morgan fingerprint density at radius 1 is 1.38 bits per heavy atom. The second-order valence-electron chi connectivity index (χ2n) is 8.87. The summed E-state index contributed by atoms with van der Waals surface area (Å²) in [5, 5.41) is 24.9. The molecule has 3 aromatic rings. The molecule has 2 aliphatic rings. The second kappa shape index (κ2) is 9.41. The first-order valence-electron chi connectivity index (χ1n) is 11.4. The summed E-state index contributed by atoms with van der Waals surface area (Å²) in [4.78, 5) is 48.8. The molecule has 2 aliphatic heterocycles. The number of esters is 1. The number of β-lactam (4-membered cyclic amide) rings is 1. The predicted octanol–water partition coefficient (Wildman–Crippen LogP) is 2.60.